The number of rotatable bonds is 8. The molecular formula is C21H20BrF4O3PS. The lowest BCUT2D eigenvalue weighted by Gasteiger charge is -2.27. The normalized spacial score (nSPS) is 13.6. The molecule has 1 heterocycles. The van der Waals surface area contributed by atoms with Gasteiger partial charge in [-0.2, -0.15) is 13.2 Å². The van der Waals surface area contributed by atoms with Gasteiger partial charge in [-0.25, -0.2) is 4.39 Å². The van der Waals surface area contributed by atoms with Crippen molar-refractivity contribution in [2.75, 3.05) is 13.2 Å². The molecule has 3 aromatic rings. The van der Waals surface area contributed by atoms with Crippen molar-refractivity contribution in [2.45, 2.75) is 32.1 Å². The van der Waals surface area contributed by atoms with Gasteiger partial charge in [-0.05, 0) is 60.0 Å². The SMILES string of the molecule is CCOP(=O)(OCC)C(Cc1ccc(F)cc1C(F)(F)F)c1sc2ccccc2c1Br. The van der Waals surface area contributed by atoms with E-state index in [-0.39, 0.29) is 25.2 Å². The van der Waals surface area contributed by atoms with Crippen molar-refractivity contribution in [2.24, 2.45) is 0 Å². The standard InChI is InChI=1S/C21H20BrF4O3PS/c1-3-28-30(27,29-4-2)17(20-19(22)15-7-5-6-8-18(15)31-20)11-13-9-10-14(23)12-16(13)21(24,25)26/h5-10,12,17H,3-4,11H2,1-2H3. The lowest BCUT2D eigenvalue weighted by molar-refractivity contribution is -0.138. The maximum absolute atomic E-state index is 13.8. The Hall–Kier alpha value is -1.25. The first-order valence-corrected chi connectivity index (χ1v) is 12.7. The quantitative estimate of drug-likeness (QED) is 0.213. The van der Waals surface area contributed by atoms with E-state index in [1.54, 1.807) is 13.8 Å². The fourth-order valence-corrected chi connectivity index (χ4v) is 8.16. The largest absolute Gasteiger partial charge is 0.416 e. The first kappa shape index (κ1) is 24.4. The minimum absolute atomic E-state index is 0.0613. The Kier molecular flexibility index (Phi) is 7.64. The van der Waals surface area contributed by atoms with Gasteiger partial charge in [0, 0.05) is 19.4 Å². The molecule has 0 aliphatic rings. The monoisotopic (exact) mass is 538 g/mol. The Balaban J connectivity index is 2.20. The molecular weight excluding hydrogens is 519 g/mol. The van der Waals surface area contributed by atoms with Crippen LogP contribution in [0.25, 0.3) is 10.1 Å². The van der Waals surface area contributed by atoms with Crippen molar-refractivity contribution in [3.63, 3.8) is 0 Å². The first-order chi connectivity index (χ1) is 14.6. The molecule has 3 nitrogen and oxygen atoms in total. The van der Waals surface area contributed by atoms with Gasteiger partial charge in [0.2, 0.25) is 0 Å². The van der Waals surface area contributed by atoms with Crippen LogP contribution in [0.4, 0.5) is 17.6 Å². The van der Waals surface area contributed by atoms with Crippen LogP contribution in [0.3, 0.4) is 0 Å². The molecule has 1 atom stereocenters. The molecule has 0 radical (unpaired) electrons. The number of halogens is 5. The summed E-state index contributed by atoms with van der Waals surface area (Å²) in [5.74, 6) is -0.992. The number of benzene rings is 2. The zero-order valence-corrected chi connectivity index (χ0v) is 20.0. The van der Waals surface area contributed by atoms with Gasteiger partial charge in [0.05, 0.1) is 18.8 Å². The molecule has 2 aromatic carbocycles. The van der Waals surface area contributed by atoms with E-state index in [0.717, 1.165) is 22.2 Å². The third-order valence-electron chi connectivity index (χ3n) is 4.65. The summed E-state index contributed by atoms with van der Waals surface area (Å²) in [6.07, 6.45) is -5.06. The summed E-state index contributed by atoms with van der Waals surface area (Å²) < 4.78 is 80.8. The van der Waals surface area contributed by atoms with E-state index in [2.05, 4.69) is 15.9 Å². The third-order valence-corrected chi connectivity index (χ3v) is 9.67. The third kappa shape index (κ3) is 5.22. The van der Waals surface area contributed by atoms with E-state index in [1.807, 2.05) is 24.3 Å². The van der Waals surface area contributed by atoms with Gasteiger partial charge in [-0.1, -0.05) is 24.3 Å². The summed E-state index contributed by atoms with van der Waals surface area (Å²) in [7, 11) is -3.86. The van der Waals surface area contributed by atoms with Gasteiger partial charge in [0.25, 0.3) is 0 Å². The highest BCUT2D eigenvalue weighted by molar-refractivity contribution is 9.10. The van der Waals surface area contributed by atoms with Crippen LogP contribution in [0, 0.1) is 5.82 Å². The summed E-state index contributed by atoms with van der Waals surface area (Å²) >= 11 is 4.84. The van der Waals surface area contributed by atoms with E-state index < -0.39 is 30.8 Å². The van der Waals surface area contributed by atoms with Crippen LogP contribution in [-0.2, 0) is 26.2 Å². The molecule has 1 aromatic heterocycles. The molecule has 1 unspecified atom stereocenters. The summed E-state index contributed by atoms with van der Waals surface area (Å²) in [5, 5.41) is 0.849. The first-order valence-electron chi connectivity index (χ1n) is 9.52. The molecule has 0 bridgehead atoms. The Morgan fingerprint density at radius 1 is 1.10 bits per heavy atom. The van der Waals surface area contributed by atoms with E-state index in [4.69, 9.17) is 9.05 Å². The minimum Gasteiger partial charge on any atom is -0.308 e. The predicted octanol–water partition coefficient (Wildman–Crippen LogP) is 8.37. The maximum atomic E-state index is 13.8. The minimum atomic E-state index is -4.76. The lowest BCUT2D eigenvalue weighted by Crippen LogP contribution is -2.14. The van der Waals surface area contributed by atoms with Gasteiger partial charge >= 0.3 is 13.8 Å². The average Bonchev–Trinajstić information content (AvgIpc) is 3.03. The van der Waals surface area contributed by atoms with Crippen LogP contribution in [0.15, 0.2) is 46.9 Å². The molecule has 0 N–H and O–H groups in total. The molecule has 0 saturated carbocycles. The second-order valence-electron chi connectivity index (χ2n) is 6.67. The van der Waals surface area contributed by atoms with E-state index in [9.17, 15) is 22.1 Å². The van der Waals surface area contributed by atoms with Crippen LogP contribution >= 0.6 is 34.9 Å². The highest BCUT2D eigenvalue weighted by Crippen LogP contribution is 2.65. The molecule has 3 rings (SSSR count). The van der Waals surface area contributed by atoms with Crippen LogP contribution in [-0.4, -0.2) is 13.2 Å². The summed E-state index contributed by atoms with van der Waals surface area (Å²) in [6, 6.07) is 9.92. The zero-order chi connectivity index (χ0) is 22.8. The van der Waals surface area contributed by atoms with Gasteiger partial charge < -0.3 is 9.05 Å². The number of thiophene rings is 1. The van der Waals surface area contributed by atoms with Crippen molar-refractivity contribution < 1.29 is 31.2 Å². The van der Waals surface area contributed by atoms with Gasteiger partial charge in [-0.15, -0.1) is 11.3 Å². The number of hydrogen-bond acceptors (Lipinski definition) is 4. The van der Waals surface area contributed by atoms with Crippen molar-refractivity contribution in [1.29, 1.82) is 0 Å². The maximum Gasteiger partial charge on any atom is 0.416 e. The molecule has 31 heavy (non-hydrogen) atoms. The number of alkyl halides is 3. The Bertz CT molecular complexity index is 1110. The molecule has 0 saturated heterocycles. The fourth-order valence-electron chi connectivity index (χ4n) is 3.37. The van der Waals surface area contributed by atoms with Crippen LogP contribution < -0.4 is 0 Å². The van der Waals surface area contributed by atoms with E-state index in [0.29, 0.717) is 15.4 Å². The van der Waals surface area contributed by atoms with Crippen LogP contribution in [0.2, 0.25) is 0 Å². The van der Waals surface area contributed by atoms with Crippen LogP contribution in [0.5, 0.6) is 0 Å². The fraction of sp³-hybridized carbons (Fsp3) is 0.333. The molecule has 10 heteroatoms. The number of hydrogen-bond donors (Lipinski definition) is 0. The van der Waals surface area contributed by atoms with E-state index >= 15 is 0 Å². The molecule has 168 valence electrons. The molecule has 0 aliphatic carbocycles. The van der Waals surface area contributed by atoms with Crippen molar-refractivity contribution in [3.05, 3.63) is 68.8 Å². The van der Waals surface area contributed by atoms with Gasteiger partial charge in [-0.3, -0.25) is 4.57 Å². The zero-order valence-electron chi connectivity index (χ0n) is 16.7. The Labute approximate surface area is 190 Å². The van der Waals surface area contributed by atoms with Crippen LogP contribution in [0.1, 0.15) is 35.5 Å². The second-order valence-corrected chi connectivity index (χ2v) is 10.8. The van der Waals surface area contributed by atoms with Crippen molar-refractivity contribution in [3.8, 4) is 0 Å². The van der Waals surface area contributed by atoms with Crippen molar-refractivity contribution >= 4 is 44.9 Å². The second kappa shape index (κ2) is 9.71. The Morgan fingerprint density at radius 3 is 2.32 bits per heavy atom. The molecule has 0 aliphatic heterocycles. The van der Waals surface area contributed by atoms with Gasteiger partial charge in [0.15, 0.2) is 0 Å². The average molecular weight is 539 g/mol. The molecule has 0 fully saturated rings. The molecule has 0 spiro atoms. The van der Waals surface area contributed by atoms with Gasteiger partial charge in [0.1, 0.15) is 11.5 Å². The topological polar surface area (TPSA) is 35.5 Å². The predicted molar refractivity (Wildman–Crippen MR) is 118 cm³/mol. The van der Waals surface area contributed by atoms with Crippen molar-refractivity contribution in [1.82, 2.24) is 0 Å². The highest BCUT2D eigenvalue weighted by Gasteiger charge is 2.42. The summed E-state index contributed by atoms with van der Waals surface area (Å²) in [4.78, 5) is 0.559. The highest BCUT2D eigenvalue weighted by atomic mass is 79.9. The Morgan fingerprint density at radius 2 is 1.74 bits per heavy atom. The summed E-state index contributed by atoms with van der Waals surface area (Å²) in [5.41, 5.74) is -2.29. The molecule has 0 amide bonds. The van der Waals surface area contributed by atoms with E-state index in [1.165, 1.54) is 11.3 Å². The summed E-state index contributed by atoms with van der Waals surface area (Å²) in [6.45, 7) is 3.40. The number of fused-ring (bicyclic) bond motifs is 1. The smallest absolute Gasteiger partial charge is 0.308 e. The lowest BCUT2D eigenvalue weighted by atomic mass is 10.0.